The van der Waals surface area contributed by atoms with Crippen LogP contribution < -0.4 is 11.1 Å². The van der Waals surface area contributed by atoms with Crippen molar-refractivity contribution in [2.24, 2.45) is 5.92 Å². The van der Waals surface area contributed by atoms with E-state index in [0.29, 0.717) is 42.7 Å². The molecule has 0 atom stereocenters. The molecule has 0 bridgehead atoms. The zero-order valence-corrected chi connectivity index (χ0v) is 25.4. The Bertz CT molecular complexity index is 1690. The van der Waals surface area contributed by atoms with E-state index in [4.69, 9.17) is 10.5 Å². The van der Waals surface area contributed by atoms with Gasteiger partial charge in [0.2, 0.25) is 5.95 Å². The quantitative estimate of drug-likeness (QED) is 0.259. The first-order chi connectivity index (χ1) is 19.9. The van der Waals surface area contributed by atoms with Crippen LogP contribution in [0.25, 0.3) is 22.4 Å². The molecule has 0 spiro atoms. The van der Waals surface area contributed by atoms with Gasteiger partial charge in [0.05, 0.1) is 20.9 Å². The van der Waals surface area contributed by atoms with Gasteiger partial charge in [-0.25, -0.2) is 28.2 Å². The number of carbonyl (C=O) groups is 1. The average Bonchev–Trinajstić information content (AvgIpc) is 3.31. The molecule has 5 rings (SSSR count). The van der Waals surface area contributed by atoms with E-state index < -0.39 is 15.4 Å². The molecule has 1 amide bonds. The van der Waals surface area contributed by atoms with Crippen LogP contribution in [0, 0.1) is 5.92 Å². The molecule has 3 heterocycles. The van der Waals surface area contributed by atoms with Crippen molar-refractivity contribution in [1.29, 1.82) is 0 Å². The Kier molecular flexibility index (Phi) is 8.46. The molecule has 1 aliphatic heterocycles. The van der Waals surface area contributed by atoms with Crippen LogP contribution >= 0.6 is 11.3 Å². The summed E-state index contributed by atoms with van der Waals surface area (Å²) < 4.78 is 32.6. The van der Waals surface area contributed by atoms with Crippen molar-refractivity contribution >= 4 is 66.4 Å². The molecule has 2 aromatic carbocycles. The molecule has 0 unspecified atom stereocenters. The Morgan fingerprint density at radius 1 is 1.07 bits per heavy atom. The van der Waals surface area contributed by atoms with Gasteiger partial charge in [0.25, 0.3) is 0 Å². The van der Waals surface area contributed by atoms with Crippen LogP contribution in [0.2, 0.25) is 0 Å². The van der Waals surface area contributed by atoms with Gasteiger partial charge < -0.3 is 20.7 Å². The number of nitrogen functional groups attached to an aromatic ring is 1. The fourth-order valence-electron chi connectivity index (χ4n) is 4.63. The lowest BCUT2D eigenvalue weighted by atomic mass is 9.99. The van der Waals surface area contributed by atoms with Crippen molar-refractivity contribution in [1.82, 2.24) is 19.9 Å². The largest absolute Gasteiger partial charge is 0.444 e. The second-order valence-corrected chi connectivity index (χ2v) is 14.4. The summed E-state index contributed by atoms with van der Waals surface area (Å²) in [4.78, 5) is 27.2. The van der Waals surface area contributed by atoms with Crippen molar-refractivity contribution in [3.8, 4) is 0 Å². The van der Waals surface area contributed by atoms with Gasteiger partial charge in [-0.1, -0.05) is 29.6 Å². The monoisotopic (exact) mass is 606 g/mol. The number of nitrogens with one attached hydrogen (secondary N) is 1. The molecule has 1 fully saturated rings. The highest BCUT2D eigenvalue weighted by atomic mass is 32.2. The Labute approximate surface area is 249 Å². The van der Waals surface area contributed by atoms with Gasteiger partial charge in [0.1, 0.15) is 5.60 Å². The Hall–Kier alpha value is -4.03. The number of amides is 1. The van der Waals surface area contributed by atoms with Crippen LogP contribution in [0.5, 0.6) is 0 Å². The van der Waals surface area contributed by atoms with Crippen LogP contribution in [0.1, 0.15) is 44.7 Å². The molecule has 42 heavy (non-hydrogen) atoms. The minimum absolute atomic E-state index is 0.0122. The maximum absolute atomic E-state index is 13.1. The summed E-state index contributed by atoms with van der Waals surface area (Å²) in [6, 6.07) is 12.6. The highest BCUT2D eigenvalue weighted by molar-refractivity contribution is 7.91. The van der Waals surface area contributed by atoms with Gasteiger partial charge in [-0.2, -0.15) is 0 Å². The summed E-state index contributed by atoms with van der Waals surface area (Å²) in [5, 5.41) is 3.66. The van der Waals surface area contributed by atoms with Crippen LogP contribution in [-0.4, -0.2) is 58.8 Å². The second kappa shape index (κ2) is 12.1. The first-order valence-corrected chi connectivity index (χ1v) is 16.1. The number of benzene rings is 2. The first kappa shape index (κ1) is 29.5. The van der Waals surface area contributed by atoms with Crippen LogP contribution in [0.15, 0.2) is 59.8 Å². The fraction of sp³-hybridized carbons (Fsp3) is 0.333. The lowest BCUT2D eigenvalue weighted by Gasteiger charge is -2.33. The van der Waals surface area contributed by atoms with E-state index >= 15 is 0 Å². The number of anilines is 3. The number of hydrogen-bond donors (Lipinski definition) is 2. The number of hydrogen-bond acceptors (Lipinski definition) is 10. The number of carbonyl (C=O) groups excluding carboxylic acids is 1. The van der Waals surface area contributed by atoms with E-state index in [-0.39, 0.29) is 22.7 Å². The number of ether oxygens (including phenoxy) is 1. The third-order valence-electron chi connectivity index (χ3n) is 6.76. The predicted molar refractivity (Wildman–Crippen MR) is 167 cm³/mol. The Balaban J connectivity index is 1.13. The van der Waals surface area contributed by atoms with Crippen molar-refractivity contribution in [3.05, 3.63) is 66.0 Å². The average molecular weight is 607 g/mol. The van der Waals surface area contributed by atoms with Crippen molar-refractivity contribution in [2.75, 3.05) is 29.9 Å². The maximum Gasteiger partial charge on any atom is 0.410 e. The molecule has 0 saturated carbocycles. The molecule has 1 saturated heterocycles. The standard InChI is InChI=1S/C30H34N6O4S2/c1-30(2,3)40-29(37)36-14-12-21(13-15-36)19-42(38,39)24-9-7-23(8-10-24)34-28-32-17-22(18-33-28)5-4-20-6-11-25-26(16-20)41-27(31)35-25/h4-11,16-18,21H,12-15,19H2,1-3H3,(H2,31,35)(H,32,33,34). The van der Waals surface area contributed by atoms with Gasteiger partial charge >= 0.3 is 6.09 Å². The third kappa shape index (κ3) is 7.62. The summed E-state index contributed by atoms with van der Waals surface area (Å²) in [5.74, 6) is 0.439. The number of rotatable bonds is 7. The lowest BCUT2D eigenvalue weighted by molar-refractivity contribution is 0.0191. The number of thiazole rings is 1. The highest BCUT2D eigenvalue weighted by Crippen LogP contribution is 2.27. The van der Waals surface area contributed by atoms with Gasteiger partial charge in [-0.05, 0) is 81.5 Å². The lowest BCUT2D eigenvalue weighted by Crippen LogP contribution is -2.42. The number of sulfone groups is 1. The van der Waals surface area contributed by atoms with Crippen molar-refractivity contribution in [2.45, 2.75) is 44.1 Å². The molecule has 0 radical (unpaired) electrons. The van der Waals surface area contributed by atoms with Crippen molar-refractivity contribution in [3.63, 3.8) is 0 Å². The zero-order chi connectivity index (χ0) is 29.9. The van der Waals surface area contributed by atoms with E-state index in [1.807, 2.05) is 51.1 Å². The van der Waals surface area contributed by atoms with E-state index in [9.17, 15) is 13.2 Å². The number of nitrogens with zero attached hydrogens (tertiary/aromatic N) is 4. The normalized spacial score (nSPS) is 14.9. The molecule has 4 aromatic rings. The molecule has 10 nitrogen and oxygen atoms in total. The third-order valence-corrected chi connectivity index (χ3v) is 9.51. The molecule has 2 aromatic heterocycles. The number of aromatic nitrogens is 3. The SMILES string of the molecule is CC(C)(C)OC(=O)N1CCC(CS(=O)(=O)c2ccc(Nc3ncc(C=Cc4ccc5nc(N)sc5c4)cn3)cc2)CC1. The number of fused-ring (bicyclic) bond motifs is 1. The summed E-state index contributed by atoms with van der Waals surface area (Å²) in [6.45, 7) is 6.47. The summed E-state index contributed by atoms with van der Waals surface area (Å²) in [6.07, 6.45) is 8.22. The molecule has 0 aliphatic carbocycles. The molecule has 12 heteroatoms. The fourth-order valence-corrected chi connectivity index (χ4v) is 7.11. The maximum atomic E-state index is 13.1. The van der Waals surface area contributed by atoms with E-state index in [0.717, 1.165) is 21.3 Å². The van der Waals surface area contributed by atoms with Gasteiger partial charge in [-0.3, -0.25) is 0 Å². The van der Waals surface area contributed by atoms with Crippen LogP contribution in [0.4, 0.5) is 21.6 Å². The molecule has 220 valence electrons. The number of likely N-dealkylation sites (tertiary alicyclic amines) is 1. The first-order valence-electron chi connectivity index (χ1n) is 13.7. The predicted octanol–water partition coefficient (Wildman–Crippen LogP) is 6.00. The number of nitrogens with two attached hydrogens (primary N) is 1. The molecule has 1 aliphatic rings. The minimum atomic E-state index is -3.47. The Morgan fingerprint density at radius 3 is 2.40 bits per heavy atom. The smallest absolute Gasteiger partial charge is 0.410 e. The van der Waals surface area contributed by atoms with Crippen molar-refractivity contribution < 1.29 is 17.9 Å². The van der Waals surface area contributed by atoms with Crippen LogP contribution in [0.3, 0.4) is 0 Å². The molecule has 3 N–H and O–H groups in total. The van der Waals surface area contributed by atoms with Gasteiger partial charge in [0.15, 0.2) is 15.0 Å². The van der Waals surface area contributed by atoms with Gasteiger partial charge in [-0.15, -0.1) is 0 Å². The minimum Gasteiger partial charge on any atom is -0.444 e. The summed E-state index contributed by atoms with van der Waals surface area (Å²) in [5.41, 5.74) is 8.66. The second-order valence-electron chi connectivity index (χ2n) is 11.3. The van der Waals surface area contributed by atoms with E-state index in [2.05, 4.69) is 20.3 Å². The van der Waals surface area contributed by atoms with Gasteiger partial charge in [0, 0.05) is 36.7 Å². The van der Waals surface area contributed by atoms with E-state index in [1.165, 1.54) is 11.3 Å². The van der Waals surface area contributed by atoms with Crippen LogP contribution in [-0.2, 0) is 14.6 Å². The Morgan fingerprint density at radius 2 is 1.74 bits per heavy atom. The molecular formula is C30H34N6O4S2. The van der Waals surface area contributed by atoms with E-state index in [1.54, 1.807) is 41.6 Å². The zero-order valence-electron chi connectivity index (χ0n) is 23.8. The summed E-state index contributed by atoms with van der Waals surface area (Å²) in [7, 11) is -3.47. The summed E-state index contributed by atoms with van der Waals surface area (Å²) >= 11 is 1.45. The number of piperidine rings is 1. The highest BCUT2D eigenvalue weighted by Gasteiger charge is 2.29. The molecular weight excluding hydrogens is 573 g/mol. The topological polar surface area (TPSA) is 140 Å².